The second-order valence-corrected chi connectivity index (χ2v) is 8.53. The summed E-state index contributed by atoms with van der Waals surface area (Å²) in [5.41, 5.74) is -1.36. The van der Waals surface area contributed by atoms with Crippen LogP contribution in [0.2, 0.25) is 10.0 Å². The predicted octanol–water partition coefficient (Wildman–Crippen LogP) is 5.28. The summed E-state index contributed by atoms with van der Waals surface area (Å²) < 4.78 is 20.6. The highest BCUT2D eigenvalue weighted by Gasteiger charge is 2.35. The number of halogens is 2. The molecule has 0 saturated carbocycles. The predicted molar refractivity (Wildman–Crippen MR) is 151 cm³/mol. The molecule has 40 heavy (non-hydrogen) atoms. The number of carbonyl (C=O) groups excluding carboxylic acids is 4. The van der Waals surface area contributed by atoms with Crippen LogP contribution in [0.4, 0.5) is 11.4 Å². The molecule has 10 nitrogen and oxygen atoms in total. The summed E-state index contributed by atoms with van der Waals surface area (Å²) in [4.78, 5) is 52.9. The van der Waals surface area contributed by atoms with Gasteiger partial charge in [-0.15, -0.1) is 0 Å². The normalized spacial score (nSPS) is 10.1. The Kier molecular flexibility index (Phi) is 13.0. The molecule has 0 saturated heterocycles. The average molecular weight is 593 g/mol. The largest absolute Gasteiger partial charge is 0.462 e. The summed E-state index contributed by atoms with van der Waals surface area (Å²) in [5, 5.41) is 6.51. The molecule has 2 N–H and O–H groups in total. The van der Waals surface area contributed by atoms with Crippen molar-refractivity contribution in [2.75, 3.05) is 37.1 Å². The Balaban J connectivity index is 3.08. The fourth-order valence-corrected chi connectivity index (χ4v) is 3.69. The summed E-state index contributed by atoms with van der Waals surface area (Å²) in [5.74, 6) is -4.32. The topological polar surface area (TPSA) is 129 Å². The van der Waals surface area contributed by atoms with E-state index in [0.717, 1.165) is 0 Å². The van der Waals surface area contributed by atoms with Crippen LogP contribution in [-0.2, 0) is 38.1 Å². The van der Waals surface area contributed by atoms with E-state index >= 15 is 0 Å². The lowest BCUT2D eigenvalue weighted by Crippen LogP contribution is -2.29. The second kappa shape index (κ2) is 16.2. The Morgan fingerprint density at radius 2 is 0.875 bits per heavy atom. The number of nitrogens with one attached hydrogen (secondary N) is 2. The molecule has 2 rings (SSSR count). The molecule has 0 heterocycles. The van der Waals surface area contributed by atoms with E-state index in [0.29, 0.717) is 21.4 Å². The van der Waals surface area contributed by atoms with E-state index in [4.69, 9.17) is 42.1 Å². The van der Waals surface area contributed by atoms with E-state index in [2.05, 4.69) is 10.6 Å². The molecule has 0 aromatic heterocycles. The molecule has 0 aliphatic heterocycles. The van der Waals surface area contributed by atoms with Crippen LogP contribution in [0.25, 0.3) is 0 Å². The minimum atomic E-state index is -1.08. The van der Waals surface area contributed by atoms with Crippen molar-refractivity contribution in [1.29, 1.82) is 0 Å². The highest BCUT2D eigenvalue weighted by molar-refractivity contribution is 6.31. The Labute approximate surface area is 242 Å². The minimum Gasteiger partial charge on any atom is -0.462 e. The summed E-state index contributed by atoms with van der Waals surface area (Å²) in [6.07, 6.45) is 0. The van der Waals surface area contributed by atoms with E-state index in [1.54, 1.807) is 64.1 Å². The fourth-order valence-electron chi connectivity index (χ4n) is 3.31. The van der Waals surface area contributed by atoms with E-state index in [-0.39, 0.29) is 37.8 Å². The Morgan fingerprint density at radius 1 is 0.575 bits per heavy atom. The fraction of sp³-hybridized carbons (Fsp3) is 0.286. The Morgan fingerprint density at radius 3 is 1.12 bits per heavy atom. The van der Waals surface area contributed by atoms with E-state index in [1.807, 2.05) is 0 Å². The van der Waals surface area contributed by atoms with Gasteiger partial charge >= 0.3 is 23.9 Å². The molecule has 0 fully saturated rings. The van der Waals surface area contributed by atoms with Gasteiger partial charge in [-0.3, -0.25) is 0 Å². The number of esters is 4. The third-order valence-electron chi connectivity index (χ3n) is 4.86. The molecule has 0 bridgehead atoms. The number of rotatable bonds is 13. The molecular weight excluding hydrogens is 563 g/mol. The molecule has 0 radical (unpaired) electrons. The first kappa shape index (κ1) is 32.2. The lowest BCUT2D eigenvalue weighted by molar-refractivity contribution is -0.148. The number of carbonyl (C=O) groups is 4. The van der Waals surface area contributed by atoms with Crippen molar-refractivity contribution in [2.24, 2.45) is 0 Å². The van der Waals surface area contributed by atoms with Crippen LogP contribution in [0.15, 0.2) is 71.1 Å². The van der Waals surface area contributed by atoms with Crippen LogP contribution < -0.4 is 10.6 Å². The van der Waals surface area contributed by atoms with Crippen LogP contribution in [0.5, 0.6) is 0 Å². The van der Waals surface area contributed by atoms with Gasteiger partial charge in [-0.25, -0.2) is 19.2 Å². The van der Waals surface area contributed by atoms with Crippen LogP contribution in [0.3, 0.4) is 0 Å². The van der Waals surface area contributed by atoms with Crippen molar-refractivity contribution in [1.82, 2.24) is 0 Å². The zero-order valence-electron chi connectivity index (χ0n) is 22.5. The SMILES string of the molecule is CCOC(=O)C(C(=O)OCC)=C(Nc1cccc(Cl)c1)C(Nc1cccc(Cl)c1)=C(C(=O)OCC)C(=O)OCC. The lowest BCUT2D eigenvalue weighted by Gasteiger charge is -2.22. The second-order valence-electron chi connectivity index (χ2n) is 7.65. The molecule has 0 aliphatic carbocycles. The smallest absolute Gasteiger partial charge is 0.347 e. The number of hydrogen-bond acceptors (Lipinski definition) is 10. The van der Waals surface area contributed by atoms with Gasteiger partial charge in [0.15, 0.2) is 11.1 Å². The number of hydrogen-bond donors (Lipinski definition) is 2. The monoisotopic (exact) mass is 592 g/mol. The number of anilines is 2. The quantitative estimate of drug-likeness (QED) is 0.0791. The summed E-state index contributed by atoms with van der Waals surface area (Å²) in [7, 11) is 0. The first-order valence-corrected chi connectivity index (χ1v) is 13.1. The van der Waals surface area contributed by atoms with Crippen molar-refractivity contribution >= 4 is 58.5 Å². The van der Waals surface area contributed by atoms with Gasteiger partial charge < -0.3 is 29.6 Å². The van der Waals surface area contributed by atoms with Gasteiger partial charge in [-0.2, -0.15) is 0 Å². The highest BCUT2D eigenvalue weighted by Crippen LogP contribution is 2.29. The molecular formula is C28H30Cl2N2O8. The zero-order valence-corrected chi connectivity index (χ0v) is 24.0. The summed E-state index contributed by atoms with van der Waals surface area (Å²) in [6, 6.07) is 12.6. The third kappa shape index (κ3) is 9.03. The lowest BCUT2D eigenvalue weighted by atomic mass is 10.0. The molecule has 0 atom stereocenters. The first-order chi connectivity index (χ1) is 19.2. The standard InChI is InChI=1S/C28H30Cl2N2O8/c1-5-37-25(33)21(26(34)38-6-2)23(31-19-13-9-11-17(29)15-19)24(32-20-14-10-12-18(30)16-20)22(27(35)39-7-3)28(36)40-8-4/h9-16,31-32H,5-8H2,1-4H3. The maximum absolute atomic E-state index is 13.2. The zero-order chi connectivity index (χ0) is 29.7. The minimum absolute atomic E-state index is 0.0877. The van der Waals surface area contributed by atoms with Crippen molar-refractivity contribution in [3.63, 3.8) is 0 Å². The molecule has 0 spiro atoms. The van der Waals surface area contributed by atoms with Crippen LogP contribution >= 0.6 is 23.2 Å². The summed E-state index contributed by atoms with van der Waals surface area (Å²) in [6.45, 7) is 5.85. The maximum atomic E-state index is 13.2. The van der Waals surface area contributed by atoms with Gasteiger partial charge in [0.05, 0.1) is 37.8 Å². The Hall–Kier alpha value is -4.02. The van der Waals surface area contributed by atoms with E-state index in [1.165, 1.54) is 12.1 Å². The van der Waals surface area contributed by atoms with Crippen LogP contribution in [0.1, 0.15) is 27.7 Å². The number of benzene rings is 2. The first-order valence-electron chi connectivity index (χ1n) is 12.4. The van der Waals surface area contributed by atoms with Crippen molar-refractivity contribution in [3.05, 3.63) is 81.1 Å². The van der Waals surface area contributed by atoms with Crippen LogP contribution in [-0.4, -0.2) is 50.3 Å². The van der Waals surface area contributed by atoms with Gasteiger partial charge in [0.2, 0.25) is 0 Å². The molecule has 12 heteroatoms. The molecule has 0 unspecified atom stereocenters. The van der Waals surface area contributed by atoms with Gasteiger partial charge in [0.25, 0.3) is 0 Å². The molecule has 2 aromatic carbocycles. The molecule has 0 aliphatic rings. The summed E-state index contributed by atoms with van der Waals surface area (Å²) >= 11 is 12.4. The molecule has 0 amide bonds. The van der Waals surface area contributed by atoms with Crippen molar-refractivity contribution in [3.8, 4) is 0 Å². The van der Waals surface area contributed by atoms with E-state index in [9.17, 15) is 19.2 Å². The van der Waals surface area contributed by atoms with Gasteiger partial charge in [0.1, 0.15) is 0 Å². The molecule has 214 valence electrons. The Bertz CT molecular complexity index is 1170. The van der Waals surface area contributed by atoms with Gasteiger partial charge in [-0.1, -0.05) is 35.3 Å². The van der Waals surface area contributed by atoms with Gasteiger partial charge in [0, 0.05) is 21.4 Å². The molecule has 2 aromatic rings. The highest BCUT2D eigenvalue weighted by atomic mass is 35.5. The van der Waals surface area contributed by atoms with Crippen molar-refractivity contribution in [2.45, 2.75) is 27.7 Å². The maximum Gasteiger partial charge on any atom is 0.347 e. The van der Waals surface area contributed by atoms with Crippen molar-refractivity contribution < 1.29 is 38.1 Å². The van der Waals surface area contributed by atoms with E-state index < -0.39 is 35.0 Å². The average Bonchev–Trinajstić information content (AvgIpc) is 2.89. The third-order valence-corrected chi connectivity index (χ3v) is 5.33. The number of ether oxygens (including phenoxy) is 4. The van der Waals surface area contributed by atoms with Gasteiger partial charge in [-0.05, 0) is 64.1 Å². The van der Waals surface area contributed by atoms with Crippen LogP contribution in [0, 0.1) is 0 Å².